The number of nitro groups is 1. The molecule has 0 aliphatic rings. The molecular weight excluding hydrogens is 252 g/mol. The molecule has 0 radical (unpaired) electrons. The molecule has 1 heterocycles. The fourth-order valence-corrected chi connectivity index (χ4v) is 1.47. The van der Waals surface area contributed by atoms with Crippen LogP contribution in [-0.4, -0.2) is 26.0 Å². The second kappa shape index (κ2) is 5.08. The minimum atomic E-state index is -1.36. The number of aromatic nitrogens is 2. The molecule has 8 heteroatoms. The van der Waals surface area contributed by atoms with Crippen molar-refractivity contribution in [3.05, 3.63) is 52.6 Å². The molecule has 19 heavy (non-hydrogen) atoms. The lowest BCUT2D eigenvalue weighted by molar-refractivity contribution is -0.385. The van der Waals surface area contributed by atoms with Crippen molar-refractivity contribution in [3.8, 4) is 0 Å². The van der Waals surface area contributed by atoms with Crippen molar-refractivity contribution in [1.82, 2.24) is 9.97 Å². The van der Waals surface area contributed by atoms with E-state index in [4.69, 9.17) is 5.11 Å². The Hall–Kier alpha value is -3.03. The maximum absolute atomic E-state index is 11.0. The topological polar surface area (TPSA) is 118 Å². The molecular formula is C11H8N4O4. The van der Waals surface area contributed by atoms with E-state index >= 15 is 0 Å². The Labute approximate surface area is 106 Å². The summed E-state index contributed by atoms with van der Waals surface area (Å²) in [6.07, 6.45) is 4.34. The van der Waals surface area contributed by atoms with E-state index in [9.17, 15) is 14.9 Å². The Morgan fingerprint density at radius 1 is 1.26 bits per heavy atom. The van der Waals surface area contributed by atoms with Gasteiger partial charge in [0.25, 0.3) is 5.69 Å². The van der Waals surface area contributed by atoms with Crippen LogP contribution in [-0.2, 0) is 0 Å². The van der Waals surface area contributed by atoms with Crippen LogP contribution in [0.3, 0.4) is 0 Å². The van der Waals surface area contributed by atoms with Crippen molar-refractivity contribution >= 4 is 23.0 Å². The van der Waals surface area contributed by atoms with Gasteiger partial charge in [0.1, 0.15) is 11.9 Å². The second-order valence-electron chi connectivity index (χ2n) is 3.55. The number of hydrogen-bond acceptors (Lipinski definition) is 6. The molecule has 0 atom stereocenters. The molecule has 0 bridgehead atoms. The Bertz CT molecular complexity index is 630. The van der Waals surface area contributed by atoms with Crippen LogP contribution in [0.15, 0.2) is 36.9 Å². The molecule has 0 aliphatic heterocycles. The predicted octanol–water partition coefficient (Wildman–Crippen LogP) is 1.83. The molecule has 1 aromatic heterocycles. The van der Waals surface area contributed by atoms with Crippen LogP contribution in [0.5, 0.6) is 0 Å². The van der Waals surface area contributed by atoms with Gasteiger partial charge in [0.05, 0.1) is 23.0 Å². The normalized spacial score (nSPS) is 9.89. The van der Waals surface area contributed by atoms with Crippen molar-refractivity contribution in [2.75, 3.05) is 5.32 Å². The first-order valence-electron chi connectivity index (χ1n) is 5.11. The van der Waals surface area contributed by atoms with Crippen molar-refractivity contribution < 1.29 is 14.8 Å². The van der Waals surface area contributed by atoms with Gasteiger partial charge in [-0.2, -0.15) is 0 Å². The summed E-state index contributed by atoms with van der Waals surface area (Å²) in [4.78, 5) is 28.5. The highest BCUT2D eigenvalue weighted by molar-refractivity contribution is 5.93. The van der Waals surface area contributed by atoms with Crippen LogP contribution < -0.4 is 5.32 Å². The number of carboxylic acids is 1. The van der Waals surface area contributed by atoms with Gasteiger partial charge >= 0.3 is 5.97 Å². The number of carboxylic acid groups (broad SMARTS) is 1. The SMILES string of the molecule is O=C(O)c1cc(Nc2cncnc2)ccc1[N+](=O)[O-]. The molecule has 2 aromatic rings. The van der Waals surface area contributed by atoms with Crippen LogP contribution in [0.25, 0.3) is 0 Å². The number of rotatable bonds is 4. The molecule has 2 rings (SSSR count). The summed E-state index contributed by atoms with van der Waals surface area (Å²) in [5, 5.41) is 22.5. The largest absolute Gasteiger partial charge is 0.477 e. The van der Waals surface area contributed by atoms with Crippen molar-refractivity contribution in [2.45, 2.75) is 0 Å². The van der Waals surface area contributed by atoms with Gasteiger partial charge in [-0.3, -0.25) is 10.1 Å². The summed E-state index contributed by atoms with van der Waals surface area (Å²) in [6.45, 7) is 0. The monoisotopic (exact) mass is 260 g/mol. The Kier molecular flexibility index (Phi) is 3.33. The van der Waals surface area contributed by atoms with Crippen LogP contribution in [0.1, 0.15) is 10.4 Å². The summed E-state index contributed by atoms with van der Waals surface area (Å²) in [5.74, 6) is -1.36. The zero-order chi connectivity index (χ0) is 13.8. The molecule has 0 saturated heterocycles. The van der Waals surface area contributed by atoms with Crippen LogP contribution in [0.4, 0.5) is 17.1 Å². The third-order valence-corrected chi connectivity index (χ3v) is 2.27. The van der Waals surface area contributed by atoms with E-state index in [0.717, 1.165) is 6.07 Å². The van der Waals surface area contributed by atoms with Gasteiger partial charge in [-0.25, -0.2) is 14.8 Å². The highest BCUT2D eigenvalue weighted by Gasteiger charge is 2.19. The average Bonchev–Trinajstić information content (AvgIpc) is 2.39. The van der Waals surface area contributed by atoms with Crippen molar-refractivity contribution in [1.29, 1.82) is 0 Å². The number of hydrogen-bond donors (Lipinski definition) is 2. The van der Waals surface area contributed by atoms with E-state index in [-0.39, 0.29) is 5.56 Å². The van der Waals surface area contributed by atoms with Crippen molar-refractivity contribution in [3.63, 3.8) is 0 Å². The van der Waals surface area contributed by atoms with Gasteiger partial charge in [-0.05, 0) is 12.1 Å². The summed E-state index contributed by atoms with van der Waals surface area (Å²) >= 11 is 0. The molecule has 8 nitrogen and oxygen atoms in total. The lowest BCUT2D eigenvalue weighted by atomic mass is 10.1. The van der Waals surface area contributed by atoms with E-state index < -0.39 is 16.6 Å². The zero-order valence-corrected chi connectivity index (χ0v) is 9.48. The summed E-state index contributed by atoms with van der Waals surface area (Å²) < 4.78 is 0. The Morgan fingerprint density at radius 2 is 1.95 bits per heavy atom. The highest BCUT2D eigenvalue weighted by Crippen LogP contribution is 2.24. The summed E-state index contributed by atoms with van der Waals surface area (Å²) in [7, 11) is 0. The van der Waals surface area contributed by atoms with Gasteiger partial charge in [0.15, 0.2) is 0 Å². The number of anilines is 2. The number of nitrogens with zero attached hydrogens (tertiary/aromatic N) is 3. The highest BCUT2D eigenvalue weighted by atomic mass is 16.6. The standard InChI is InChI=1S/C11H8N4O4/c16-11(17)9-3-7(1-2-10(9)15(18)19)14-8-4-12-6-13-5-8/h1-6,14H,(H,16,17). The van der Waals surface area contributed by atoms with Crippen LogP contribution in [0, 0.1) is 10.1 Å². The number of carbonyl (C=O) groups is 1. The first kappa shape index (κ1) is 12.4. The summed E-state index contributed by atoms with van der Waals surface area (Å²) in [5.41, 5.74) is 0.111. The average molecular weight is 260 g/mol. The maximum Gasteiger partial charge on any atom is 0.342 e. The van der Waals surface area contributed by atoms with E-state index in [1.807, 2.05) is 0 Å². The molecule has 0 fully saturated rings. The first-order chi connectivity index (χ1) is 9.08. The number of nitrogens with one attached hydrogen (secondary N) is 1. The fourth-order valence-electron chi connectivity index (χ4n) is 1.47. The minimum Gasteiger partial charge on any atom is -0.477 e. The van der Waals surface area contributed by atoms with E-state index in [1.54, 1.807) is 0 Å². The van der Waals surface area contributed by atoms with E-state index in [2.05, 4.69) is 15.3 Å². The predicted molar refractivity (Wildman–Crippen MR) is 65.4 cm³/mol. The van der Waals surface area contributed by atoms with Crippen LogP contribution in [0.2, 0.25) is 0 Å². The minimum absolute atomic E-state index is 0.383. The van der Waals surface area contributed by atoms with Gasteiger partial charge < -0.3 is 10.4 Å². The number of aromatic carboxylic acids is 1. The Morgan fingerprint density at radius 3 is 2.53 bits per heavy atom. The quantitative estimate of drug-likeness (QED) is 0.635. The fraction of sp³-hybridized carbons (Fsp3) is 0. The molecule has 0 unspecified atom stereocenters. The molecule has 0 saturated carbocycles. The van der Waals surface area contributed by atoms with Gasteiger partial charge in [0.2, 0.25) is 0 Å². The molecule has 2 N–H and O–H groups in total. The van der Waals surface area contributed by atoms with Gasteiger partial charge in [0, 0.05) is 11.8 Å². The van der Waals surface area contributed by atoms with Gasteiger partial charge in [-0.15, -0.1) is 0 Å². The molecule has 96 valence electrons. The van der Waals surface area contributed by atoms with Gasteiger partial charge in [-0.1, -0.05) is 0 Å². The van der Waals surface area contributed by atoms with Crippen molar-refractivity contribution in [2.24, 2.45) is 0 Å². The van der Waals surface area contributed by atoms with Crippen LogP contribution >= 0.6 is 0 Å². The first-order valence-corrected chi connectivity index (χ1v) is 5.11. The smallest absolute Gasteiger partial charge is 0.342 e. The zero-order valence-electron chi connectivity index (χ0n) is 9.48. The molecule has 1 aromatic carbocycles. The maximum atomic E-state index is 11.0. The third kappa shape index (κ3) is 2.80. The lowest BCUT2D eigenvalue weighted by Gasteiger charge is -2.06. The molecule has 0 spiro atoms. The second-order valence-corrected chi connectivity index (χ2v) is 3.55. The Balaban J connectivity index is 2.36. The number of nitro benzene ring substituents is 1. The summed E-state index contributed by atoms with van der Waals surface area (Å²) in [6, 6.07) is 3.74. The number of benzene rings is 1. The molecule has 0 aliphatic carbocycles. The lowest BCUT2D eigenvalue weighted by Crippen LogP contribution is -2.03. The van der Waals surface area contributed by atoms with E-state index in [1.165, 1.54) is 30.9 Å². The molecule has 0 amide bonds. The third-order valence-electron chi connectivity index (χ3n) is 2.27. The van der Waals surface area contributed by atoms with E-state index in [0.29, 0.717) is 11.4 Å².